The minimum absolute atomic E-state index is 0.0591. The summed E-state index contributed by atoms with van der Waals surface area (Å²) >= 11 is 0. The number of hydrogen-bond acceptors (Lipinski definition) is 2. The molecule has 1 aliphatic rings. The molecule has 1 aliphatic carbocycles. The van der Waals surface area contributed by atoms with Gasteiger partial charge in [-0.1, -0.05) is 19.8 Å². The first-order chi connectivity index (χ1) is 9.06. The van der Waals surface area contributed by atoms with Gasteiger partial charge in [0.25, 0.3) is 0 Å². The Balaban J connectivity index is 1.94. The van der Waals surface area contributed by atoms with E-state index in [9.17, 15) is 9.18 Å². The van der Waals surface area contributed by atoms with Crippen molar-refractivity contribution in [3.8, 4) is 5.75 Å². The summed E-state index contributed by atoms with van der Waals surface area (Å²) in [6.45, 7) is 2.74. The Labute approximate surface area is 112 Å². The quantitative estimate of drug-likeness (QED) is 0.903. The van der Waals surface area contributed by atoms with Crippen LogP contribution in [0, 0.1) is 17.7 Å². The molecule has 0 spiro atoms. The topological polar surface area (TPSA) is 46.5 Å². The van der Waals surface area contributed by atoms with Crippen molar-refractivity contribution in [1.82, 2.24) is 0 Å². The molecule has 1 aromatic carbocycles. The van der Waals surface area contributed by atoms with Crippen LogP contribution in [0.1, 0.15) is 43.0 Å². The lowest BCUT2D eigenvalue weighted by Crippen LogP contribution is -2.20. The monoisotopic (exact) mass is 266 g/mol. The Morgan fingerprint density at radius 1 is 1.47 bits per heavy atom. The van der Waals surface area contributed by atoms with Crippen molar-refractivity contribution in [3.05, 3.63) is 29.6 Å². The average Bonchev–Trinajstić information content (AvgIpc) is 2.37. The molecule has 0 amide bonds. The highest BCUT2D eigenvalue weighted by atomic mass is 19.1. The van der Waals surface area contributed by atoms with E-state index in [2.05, 4.69) is 6.92 Å². The van der Waals surface area contributed by atoms with Gasteiger partial charge in [-0.15, -0.1) is 0 Å². The molecule has 0 aliphatic heterocycles. The van der Waals surface area contributed by atoms with Crippen LogP contribution in [0.25, 0.3) is 0 Å². The molecule has 1 aromatic rings. The molecule has 104 valence electrons. The third kappa shape index (κ3) is 3.69. The van der Waals surface area contributed by atoms with Crippen LogP contribution in [-0.2, 0) is 0 Å². The number of ether oxygens (including phenoxy) is 1. The van der Waals surface area contributed by atoms with E-state index in [4.69, 9.17) is 9.84 Å². The first kappa shape index (κ1) is 13.8. The van der Waals surface area contributed by atoms with E-state index in [1.807, 2.05) is 0 Å². The van der Waals surface area contributed by atoms with E-state index in [1.165, 1.54) is 25.0 Å². The fourth-order valence-corrected chi connectivity index (χ4v) is 2.67. The molecule has 1 saturated carbocycles. The minimum atomic E-state index is -1.13. The second-order valence-corrected chi connectivity index (χ2v) is 5.40. The van der Waals surface area contributed by atoms with Crippen molar-refractivity contribution in [2.75, 3.05) is 6.61 Å². The van der Waals surface area contributed by atoms with Crippen LogP contribution in [0.3, 0.4) is 0 Å². The van der Waals surface area contributed by atoms with E-state index in [0.29, 0.717) is 18.4 Å². The second kappa shape index (κ2) is 6.04. The molecule has 2 rings (SSSR count). The molecule has 1 N–H and O–H groups in total. The lowest BCUT2D eigenvalue weighted by Gasteiger charge is -2.26. The molecule has 1 fully saturated rings. The van der Waals surface area contributed by atoms with Gasteiger partial charge in [0.15, 0.2) is 11.6 Å². The normalized spacial score (nSPS) is 23.1. The van der Waals surface area contributed by atoms with Crippen molar-refractivity contribution in [2.24, 2.45) is 11.8 Å². The summed E-state index contributed by atoms with van der Waals surface area (Å²) in [7, 11) is 0. The summed E-state index contributed by atoms with van der Waals surface area (Å²) in [5, 5.41) is 8.76. The van der Waals surface area contributed by atoms with Gasteiger partial charge in [-0.3, -0.25) is 0 Å². The molecule has 0 heterocycles. The van der Waals surface area contributed by atoms with Gasteiger partial charge in [-0.2, -0.15) is 0 Å². The van der Waals surface area contributed by atoms with Crippen LogP contribution in [0.5, 0.6) is 5.75 Å². The van der Waals surface area contributed by atoms with Crippen LogP contribution >= 0.6 is 0 Å². The lowest BCUT2D eigenvalue weighted by atomic mass is 9.83. The number of rotatable bonds is 4. The zero-order chi connectivity index (χ0) is 13.8. The van der Waals surface area contributed by atoms with Crippen LogP contribution in [0.2, 0.25) is 0 Å². The van der Waals surface area contributed by atoms with Gasteiger partial charge in [0.05, 0.1) is 12.2 Å². The second-order valence-electron chi connectivity index (χ2n) is 5.40. The Morgan fingerprint density at radius 3 is 2.89 bits per heavy atom. The van der Waals surface area contributed by atoms with Crippen LogP contribution in [0.15, 0.2) is 18.2 Å². The molecule has 0 bridgehead atoms. The van der Waals surface area contributed by atoms with Gasteiger partial charge < -0.3 is 9.84 Å². The standard InChI is InChI=1S/C15H19FO3/c1-10-3-2-4-11(7-10)9-19-14-6-5-12(15(17)18)8-13(14)16/h5-6,8,10-11H,2-4,7,9H2,1H3,(H,17,18). The van der Waals surface area contributed by atoms with E-state index in [1.54, 1.807) is 0 Å². The first-order valence-corrected chi connectivity index (χ1v) is 6.72. The minimum Gasteiger partial charge on any atom is -0.490 e. The number of carbonyl (C=O) groups is 1. The Kier molecular flexibility index (Phi) is 4.40. The number of halogens is 1. The molecule has 0 aromatic heterocycles. The first-order valence-electron chi connectivity index (χ1n) is 6.72. The summed E-state index contributed by atoms with van der Waals surface area (Å²) < 4.78 is 19.1. The van der Waals surface area contributed by atoms with Gasteiger partial charge in [-0.25, -0.2) is 9.18 Å². The number of benzene rings is 1. The molecule has 4 heteroatoms. The SMILES string of the molecule is CC1CCCC(COc2ccc(C(=O)O)cc2F)C1. The lowest BCUT2D eigenvalue weighted by molar-refractivity contribution is 0.0696. The molecule has 0 saturated heterocycles. The summed E-state index contributed by atoms with van der Waals surface area (Å²) in [6, 6.07) is 3.76. The summed E-state index contributed by atoms with van der Waals surface area (Å²) in [6.07, 6.45) is 4.71. The number of carboxylic acids is 1. The van der Waals surface area contributed by atoms with Crippen molar-refractivity contribution in [2.45, 2.75) is 32.6 Å². The Hall–Kier alpha value is -1.58. The molecular weight excluding hydrogens is 247 g/mol. The highest BCUT2D eigenvalue weighted by Crippen LogP contribution is 2.29. The molecular formula is C15H19FO3. The van der Waals surface area contributed by atoms with Gasteiger partial charge in [-0.05, 0) is 42.9 Å². The third-order valence-corrected chi connectivity index (χ3v) is 3.70. The largest absolute Gasteiger partial charge is 0.490 e. The Morgan fingerprint density at radius 2 is 2.26 bits per heavy atom. The zero-order valence-corrected chi connectivity index (χ0v) is 11.1. The zero-order valence-electron chi connectivity index (χ0n) is 11.1. The fourth-order valence-electron chi connectivity index (χ4n) is 2.67. The van der Waals surface area contributed by atoms with E-state index in [0.717, 1.165) is 18.9 Å². The Bertz CT molecular complexity index is 459. The maximum Gasteiger partial charge on any atom is 0.335 e. The van der Waals surface area contributed by atoms with Gasteiger partial charge in [0.2, 0.25) is 0 Å². The van der Waals surface area contributed by atoms with E-state index in [-0.39, 0.29) is 11.3 Å². The van der Waals surface area contributed by atoms with Crippen LogP contribution in [-0.4, -0.2) is 17.7 Å². The van der Waals surface area contributed by atoms with Gasteiger partial charge in [0.1, 0.15) is 0 Å². The molecule has 3 nitrogen and oxygen atoms in total. The van der Waals surface area contributed by atoms with E-state index < -0.39 is 11.8 Å². The highest BCUT2D eigenvalue weighted by molar-refractivity contribution is 5.87. The van der Waals surface area contributed by atoms with E-state index >= 15 is 0 Å². The summed E-state index contributed by atoms with van der Waals surface area (Å²) in [5.74, 6) is -0.414. The van der Waals surface area contributed by atoms with Crippen LogP contribution < -0.4 is 4.74 Å². The number of hydrogen-bond donors (Lipinski definition) is 1. The third-order valence-electron chi connectivity index (χ3n) is 3.70. The molecule has 2 atom stereocenters. The van der Waals surface area contributed by atoms with Crippen molar-refractivity contribution in [1.29, 1.82) is 0 Å². The van der Waals surface area contributed by atoms with Crippen molar-refractivity contribution in [3.63, 3.8) is 0 Å². The predicted octanol–water partition coefficient (Wildman–Crippen LogP) is 3.73. The fraction of sp³-hybridized carbons (Fsp3) is 0.533. The van der Waals surface area contributed by atoms with Crippen LogP contribution in [0.4, 0.5) is 4.39 Å². The highest BCUT2D eigenvalue weighted by Gasteiger charge is 2.20. The smallest absolute Gasteiger partial charge is 0.335 e. The maximum atomic E-state index is 13.7. The molecule has 0 radical (unpaired) electrons. The average molecular weight is 266 g/mol. The van der Waals surface area contributed by atoms with Gasteiger partial charge >= 0.3 is 5.97 Å². The summed E-state index contributed by atoms with van der Waals surface area (Å²) in [4.78, 5) is 10.7. The van der Waals surface area contributed by atoms with Gasteiger partial charge in [0, 0.05) is 0 Å². The maximum absolute atomic E-state index is 13.7. The number of carboxylic acid groups (broad SMARTS) is 1. The van der Waals surface area contributed by atoms with Crippen molar-refractivity contribution >= 4 is 5.97 Å². The van der Waals surface area contributed by atoms with Crippen molar-refractivity contribution < 1.29 is 19.0 Å². The predicted molar refractivity (Wildman–Crippen MR) is 70.0 cm³/mol. The molecule has 2 unspecified atom stereocenters. The number of aromatic carboxylic acids is 1. The summed E-state index contributed by atoms with van der Waals surface area (Å²) in [5.41, 5.74) is -0.0591. The molecule has 19 heavy (non-hydrogen) atoms.